The van der Waals surface area contributed by atoms with Crippen LogP contribution in [-0.2, 0) is 13.5 Å². The van der Waals surface area contributed by atoms with E-state index >= 15 is 0 Å². The molecular formula is C12H24N6O. The van der Waals surface area contributed by atoms with Crippen LogP contribution in [0.2, 0.25) is 0 Å². The molecule has 0 bridgehead atoms. The summed E-state index contributed by atoms with van der Waals surface area (Å²) in [6.45, 7) is 3.23. The normalized spacial score (nSPS) is 10.3. The lowest BCUT2D eigenvalue weighted by molar-refractivity contribution is 0.218. The van der Waals surface area contributed by atoms with Crippen molar-refractivity contribution in [2.24, 2.45) is 7.05 Å². The lowest BCUT2D eigenvalue weighted by atomic mass is 10.2. The van der Waals surface area contributed by atoms with E-state index in [1.807, 2.05) is 7.05 Å². The fourth-order valence-corrected chi connectivity index (χ4v) is 1.74. The molecule has 0 aliphatic rings. The van der Waals surface area contributed by atoms with Crippen LogP contribution in [0.1, 0.15) is 19.0 Å². The van der Waals surface area contributed by atoms with E-state index in [9.17, 15) is 4.79 Å². The zero-order chi connectivity index (χ0) is 14.4. The quantitative estimate of drug-likeness (QED) is 0.661. The van der Waals surface area contributed by atoms with E-state index in [0.29, 0.717) is 18.8 Å². The minimum atomic E-state index is -0.105. The molecule has 0 aliphatic carbocycles. The summed E-state index contributed by atoms with van der Waals surface area (Å²) in [7, 11) is 5.27. The highest BCUT2D eigenvalue weighted by Gasteiger charge is 2.12. The van der Waals surface area contributed by atoms with Gasteiger partial charge in [-0.1, -0.05) is 13.3 Å². The molecule has 0 spiro atoms. The van der Waals surface area contributed by atoms with Gasteiger partial charge in [0.05, 0.1) is 11.4 Å². The molecule has 0 saturated heterocycles. The second kappa shape index (κ2) is 6.86. The maximum Gasteiger partial charge on any atom is 0.316 e. The van der Waals surface area contributed by atoms with Gasteiger partial charge in [-0.2, -0.15) is 5.10 Å². The van der Waals surface area contributed by atoms with Gasteiger partial charge >= 0.3 is 6.03 Å². The summed E-state index contributed by atoms with van der Waals surface area (Å²) in [5, 5.41) is 10.3. The average Bonchev–Trinajstić information content (AvgIpc) is 2.61. The number of hydrogen-bond acceptors (Lipinski definition) is 4. The van der Waals surface area contributed by atoms with Crippen LogP contribution in [0.25, 0.3) is 0 Å². The number of nitrogens with one attached hydrogen (secondary N) is 2. The van der Waals surface area contributed by atoms with Gasteiger partial charge in [0.2, 0.25) is 0 Å². The molecule has 0 saturated carbocycles. The van der Waals surface area contributed by atoms with Crippen molar-refractivity contribution in [3.63, 3.8) is 0 Å². The van der Waals surface area contributed by atoms with E-state index in [4.69, 9.17) is 5.73 Å². The average molecular weight is 268 g/mol. The molecule has 2 amide bonds. The monoisotopic (exact) mass is 268 g/mol. The SMILES string of the molecule is CCCc1nn(C)c(NCCNC(=O)N(C)C)c1N. The second-order valence-corrected chi connectivity index (χ2v) is 4.64. The molecule has 1 rings (SSSR count). The van der Waals surface area contributed by atoms with Crippen molar-refractivity contribution in [1.29, 1.82) is 0 Å². The number of rotatable bonds is 6. The Kier molecular flexibility index (Phi) is 5.47. The second-order valence-electron chi connectivity index (χ2n) is 4.64. The van der Waals surface area contributed by atoms with E-state index in [2.05, 4.69) is 22.7 Å². The number of nitrogen functional groups attached to an aromatic ring is 1. The van der Waals surface area contributed by atoms with Crippen LogP contribution in [0, 0.1) is 0 Å². The molecule has 7 heteroatoms. The Bertz CT molecular complexity index is 426. The van der Waals surface area contributed by atoms with Crippen molar-refractivity contribution in [2.75, 3.05) is 38.2 Å². The zero-order valence-corrected chi connectivity index (χ0v) is 12.2. The minimum Gasteiger partial charge on any atom is -0.394 e. The summed E-state index contributed by atoms with van der Waals surface area (Å²) in [4.78, 5) is 12.8. The fraction of sp³-hybridized carbons (Fsp3) is 0.667. The number of anilines is 2. The number of carbonyl (C=O) groups is 1. The predicted octanol–water partition coefficient (Wildman–Crippen LogP) is 0.638. The molecule has 4 N–H and O–H groups in total. The van der Waals surface area contributed by atoms with Crippen LogP contribution in [0.4, 0.5) is 16.3 Å². The van der Waals surface area contributed by atoms with E-state index in [1.54, 1.807) is 18.8 Å². The topological polar surface area (TPSA) is 88.2 Å². The molecule has 1 aromatic rings. The number of amides is 2. The molecule has 0 aromatic carbocycles. The van der Waals surface area contributed by atoms with Crippen molar-refractivity contribution in [1.82, 2.24) is 20.0 Å². The van der Waals surface area contributed by atoms with Crippen LogP contribution < -0.4 is 16.4 Å². The van der Waals surface area contributed by atoms with Gasteiger partial charge in [0.15, 0.2) is 0 Å². The van der Waals surface area contributed by atoms with Gasteiger partial charge in [-0.15, -0.1) is 0 Å². The molecule has 1 heterocycles. The van der Waals surface area contributed by atoms with Gasteiger partial charge in [-0.3, -0.25) is 4.68 Å². The highest BCUT2D eigenvalue weighted by atomic mass is 16.2. The lowest BCUT2D eigenvalue weighted by Crippen LogP contribution is -2.37. The van der Waals surface area contributed by atoms with Crippen LogP contribution >= 0.6 is 0 Å². The standard InChI is InChI=1S/C12H24N6O/c1-5-6-9-10(13)11(18(4)16-9)14-7-8-15-12(19)17(2)3/h14H,5-8,13H2,1-4H3,(H,15,19). The highest BCUT2D eigenvalue weighted by Crippen LogP contribution is 2.22. The number of carbonyl (C=O) groups excluding carboxylic acids is 1. The highest BCUT2D eigenvalue weighted by molar-refractivity contribution is 5.73. The van der Waals surface area contributed by atoms with E-state index in [1.165, 1.54) is 4.90 Å². The van der Waals surface area contributed by atoms with Crippen LogP contribution in [0.15, 0.2) is 0 Å². The third kappa shape index (κ3) is 4.04. The van der Waals surface area contributed by atoms with E-state index < -0.39 is 0 Å². The number of urea groups is 1. The maximum atomic E-state index is 11.3. The lowest BCUT2D eigenvalue weighted by Gasteiger charge is -2.13. The molecule has 1 aromatic heterocycles. The van der Waals surface area contributed by atoms with Crippen molar-refractivity contribution in [3.8, 4) is 0 Å². The third-order valence-corrected chi connectivity index (χ3v) is 2.75. The van der Waals surface area contributed by atoms with Gasteiger partial charge in [0.25, 0.3) is 0 Å². The molecule has 0 fully saturated rings. The van der Waals surface area contributed by atoms with Crippen LogP contribution in [-0.4, -0.2) is 47.9 Å². The Balaban J connectivity index is 2.47. The Morgan fingerprint density at radius 1 is 1.42 bits per heavy atom. The fourth-order valence-electron chi connectivity index (χ4n) is 1.74. The Morgan fingerprint density at radius 2 is 2.11 bits per heavy atom. The smallest absolute Gasteiger partial charge is 0.316 e. The number of hydrogen-bond donors (Lipinski definition) is 3. The first kappa shape index (κ1) is 15.1. The number of aromatic nitrogens is 2. The van der Waals surface area contributed by atoms with Crippen molar-refractivity contribution in [2.45, 2.75) is 19.8 Å². The molecule has 7 nitrogen and oxygen atoms in total. The van der Waals surface area contributed by atoms with Gasteiger partial charge < -0.3 is 21.3 Å². The molecule has 0 aliphatic heterocycles. The predicted molar refractivity (Wildman–Crippen MR) is 77.2 cm³/mol. The summed E-state index contributed by atoms with van der Waals surface area (Å²) >= 11 is 0. The van der Waals surface area contributed by atoms with Crippen molar-refractivity contribution in [3.05, 3.63) is 5.69 Å². The maximum absolute atomic E-state index is 11.3. The summed E-state index contributed by atoms with van der Waals surface area (Å²) in [5.74, 6) is 0.808. The van der Waals surface area contributed by atoms with E-state index in [0.717, 1.165) is 24.4 Å². The number of aryl methyl sites for hydroxylation is 2. The van der Waals surface area contributed by atoms with Crippen LogP contribution in [0.5, 0.6) is 0 Å². The van der Waals surface area contributed by atoms with Crippen LogP contribution in [0.3, 0.4) is 0 Å². The largest absolute Gasteiger partial charge is 0.394 e. The Hall–Kier alpha value is -1.92. The van der Waals surface area contributed by atoms with Crippen molar-refractivity contribution >= 4 is 17.5 Å². The number of nitrogens with two attached hydrogens (primary N) is 1. The van der Waals surface area contributed by atoms with Crippen molar-refractivity contribution < 1.29 is 4.79 Å². The minimum absolute atomic E-state index is 0.105. The van der Waals surface area contributed by atoms with E-state index in [-0.39, 0.29) is 6.03 Å². The van der Waals surface area contributed by atoms with Gasteiger partial charge in [0.1, 0.15) is 5.82 Å². The number of nitrogens with zero attached hydrogens (tertiary/aromatic N) is 3. The molecular weight excluding hydrogens is 244 g/mol. The molecule has 0 unspecified atom stereocenters. The Labute approximate surface area is 114 Å². The molecule has 0 atom stereocenters. The summed E-state index contributed by atoms with van der Waals surface area (Å²) in [6, 6.07) is -0.105. The Morgan fingerprint density at radius 3 is 2.68 bits per heavy atom. The van der Waals surface area contributed by atoms with Gasteiger partial charge in [-0.25, -0.2) is 4.79 Å². The summed E-state index contributed by atoms with van der Waals surface area (Å²) < 4.78 is 1.74. The summed E-state index contributed by atoms with van der Waals surface area (Å²) in [5.41, 5.74) is 7.66. The van der Waals surface area contributed by atoms with Gasteiger partial charge in [0, 0.05) is 34.2 Å². The zero-order valence-electron chi connectivity index (χ0n) is 12.2. The first-order chi connectivity index (χ1) is 8.97. The third-order valence-electron chi connectivity index (χ3n) is 2.75. The molecule has 19 heavy (non-hydrogen) atoms. The first-order valence-electron chi connectivity index (χ1n) is 6.47. The molecule has 0 radical (unpaired) electrons. The first-order valence-corrected chi connectivity index (χ1v) is 6.47. The molecule has 108 valence electrons. The summed E-state index contributed by atoms with van der Waals surface area (Å²) in [6.07, 6.45) is 1.89. The van der Waals surface area contributed by atoms with Gasteiger partial charge in [-0.05, 0) is 6.42 Å².